The Hall–Kier alpha value is 0.452. The Kier molecular flexibility index (Phi) is 8.88. The van der Waals surface area contributed by atoms with Crippen molar-refractivity contribution in [3.63, 3.8) is 0 Å². The number of hydrogen-bond donors (Lipinski definition) is 2. The Bertz CT molecular complexity index is 55.0. The third-order valence-electron chi connectivity index (χ3n) is 1.26. The summed E-state index contributed by atoms with van der Waals surface area (Å²) < 4.78 is 0. The molecular formula is C6H14CrNO-. The Morgan fingerprint density at radius 3 is 2.00 bits per heavy atom. The quantitative estimate of drug-likeness (QED) is 0.597. The second-order valence-electron chi connectivity index (χ2n) is 2.24. The van der Waals surface area contributed by atoms with Crippen molar-refractivity contribution in [3.05, 3.63) is 7.05 Å². The Balaban J connectivity index is 0. The number of hydrogen-bond acceptors (Lipinski definition) is 2. The van der Waals surface area contributed by atoms with Crippen molar-refractivity contribution in [2.45, 2.75) is 19.9 Å². The van der Waals surface area contributed by atoms with E-state index < -0.39 is 0 Å². The summed E-state index contributed by atoms with van der Waals surface area (Å²) in [4.78, 5) is 0. The topological polar surface area (TPSA) is 32.3 Å². The van der Waals surface area contributed by atoms with Crippen LogP contribution in [0.3, 0.4) is 0 Å². The van der Waals surface area contributed by atoms with Gasteiger partial charge >= 0.3 is 0 Å². The van der Waals surface area contributed by atoms with Crippen LogP contribution in [0.4, 0.5) is 0 Å². The molecule has 0 aliphatic rings. The average Bonchev–Trinajstić information content (AvgIpc) is 1.69. The molecule has 0 heterocycles. The summed E-state index contributed by atoms with van der Waals surface area (Å²) in [5, 5.41) is 11.3. The fourth-order valence-electron chi connectivity index (χ4n) is 0.511. The third kappa shape index (κ3) is 4.93. The van der Waals surface area contributed by atoms with Gasteiger partial charge in [0.05, 0.1) is 6.61 Å². The zero-order chi connectivity index (χ0) is 6.57. The molecule has 9 heavy (non-hydrogen) atoms. The molecule has 0 spiro atoms. The molecule has 0 saturated heterocycles. The molecule has 0 saturated carbocycles. The van der Waals surface area contributed by atoms with Crippen LogP contribution in [-0.4, -0.2) is 17.8 Å². The SMILES string of the molecule is [CH2-]NC(CO)C(C)C.[Cr]. The van der Waals surface area contributed by atoms with Crippen molar-refractivity contribution in [2.24, 2.45) is 5.92 Å². The van der Waals surface area contributed by atoms with Crippen molar-refractivity contribution < 1.29 is 22.5 Å². The van der Waals surface area contributed by atoms with Crippen LogP contribution >= 0.6 is 0 Å². The van der Waals surface area contributed by atoms with Crippen molar-refractivity contribution in [1.29, 1.82) is 0 Å². The van der Waals surface area contributed by atoms with Crippen LogP contribution in [-0.2, 0) is 17.4 Å². The molecule has 2 nitrogen and oxygen atoms in total. The van der Waals surface area contributed by atoms with Gasteiger partial charge in [0.25, 0.3) is 0 Å². The molecule has 1 unspecified atom stereocenters. The molecule has 0 aromatic heterocycles. The van der Waals surface area contributed by atoms with Crippen molar-refractivity contribution in [1.82, 2.24) is 5.32 Å². The first kappa shape index (κ1) is 12.2. The van der Waals surface area contributed by atoms with E-state index in [0.29, 0.717) is 5.92 Å². The molecular weight excluding hydrogens is 154 g/mol. The third-order valence-corrected chi connectivity index (χ3v) is 1.26. The van der Waals surface area contributed by atoms with E-state index in [1.54, 1.807) is 0 Å². The van der Waals surface area contributed by atoms with Crippen LogP contribution in [0, 0.1) is 13.0 Å². The van der Waals surface area contributed by atoms with E-state index in [-0.39, 0.29) is 30.0 Å². The largest absolute Gasteiger partial charge is 0.468 e. The summed E-state index contributed by atoms with van der Waals surface area (Å²) in [7, 11) is 3.47. The summed E-state index contributed by atoms with van der Waals surface area (Å²) in [6.07, 6.45) is 0. The summed E-state index contributed by atoms with van der Waals surface area (Å²) in [6.45, 7) is 4.25. The van der Waals surface area contributed by atoms with Crippen LogP contribution < -0.4 is 5.32 Å². The molecule has 3 heteroatoms. The van der Waals surface area contributed by atoms with Gasteiger partial charge in [-0.25, -0.2) is 0 Å². The van der Waals surface area contributed by atoms with Gasteiger partial charge in [-0.2, -0.15) is 0 Å². The van der Waals surface area contributed by atoms with E-state index in [1.165, 1.54) is 0 Å². The second kappa shape index (κ2) is 6.57. The normalized spacial score (nSPS) is 13.0. The minimum absolute atomic E-state index is 0. The van der Waals surface area contributed by atoms with E-state index in [1.807, 2.05) is 13.8 Å². The molecule has 0 radical (unpaired) electrons. The van der Waals surface area contributed by atoms with Crippen LogP contribution in [0.5, 0.6) is 0 Å². The van der Waals surface area contributed by atoms with Gasteiger partial charge in [-0.15, -0.1) is 0 Å². The molecule has 0 bridgehead atoms. The fourth-order valence-corrected chi connectivity index (χ4v) is 0.511. The van der Waals surface area contributed by atoms with E-state index >= 15 is 0 Å². The zero-order valence-corrected chi connectivity index (χ0v) is 7.20. The summed E-state index contributed by atoms with van der Waals surface area (Å²) in [5.41, 5.74) is 0. The molecule has 0 aromatic carbocycles. The van der Waals surface area contributed by atoms with E-state index in [0.717, 1.165) is 0 Å². The van der Waals surface area contributed by atoms with E-state index in [9.17, 15) is 0 Å². The summed E-state index contributed by atoms with van der Waals surface area (Å²) >= 11 is 0. The molecule has 0 aromatic rings. The molecule has 56 valence electrons. The van der Waals surface area contributed by atoms with Gasteiger partial charge in [0.1, 0.15) is 0 Å². The smallest absolute Gasteiger partial charge is 0.0563 e. The van der Waals surface area contributed by atoms with Gasteiger partial charge in [0, 0.05) is 23.4 Å². The molecule has 2 N–H and O–H groups in total. The minimum Gasteiger partial charge on any atom is -0.468 e. The summed E-state index contributed by atoms with van der Waals surface area (Å²) in [5.74, 6) is 0.456. The van der Waals surface area contributed by atoms with Gasteiger partial charge in [0.15, 0.2) is 0 Å². The van der Waals surface area contributed by atoms with Crippen LogP contribution in [0.15, 0.2) is 0 Å². The van der Waals surface area contributed by atoms with Gasteiger partial charge in [0.2, 0.25) is 0 Å². The van der Waals surface area contributed by atoms with Crippen LogP contribution in [0.25, 0.3) is 0 Å². The molecule has 0 fully saturated rings. The van der Waals surface area contributed by atoms with Crippen molar-refractivity contribution in [3.8, 4) is 0 Å². The second-order valence-corrected chi connectivity index (χ2v) is 2.24. The number of rotatable bonds is 3. The molecule has 0 aliphatic heterocycles. The van der Waals surface area contributed by atoms with Gasteiger partial charge in [-0.3, -0.25) is 7.05 Å². The van der Waals surface area contributed by atoms with E-state index in [4.69, 9.17) is 5.11 Å². The maximum atomic E-state index is 8.59. The number of aliphatic hydroxyl groups excluding tert-OH is 1. The first-order valence-electron chi connectivity index (χ1n) is 2.85. The molecule has 0 aliphatic carbocycles. The predicted molar refractivity (Wildman–Crippen MR) is 34.2 cm³/mol. The van der Waals surface area contributed by atoms with Crippen molar-refractivity contribution >= 4 is 0 Å². The van der Waals surface area contributed by atoms with Crippen LogP contribution in [0.2, 0.25) is 0 Å². The molecule has 1 atom stereocenters. The molecule has 0 amide bonds. The van der Waals surface area contributed by atoms with Crippen molar-refractivity contribution in [2.75, 3.05) is 6.61 Å². The monoisotopic (exact) mass is 168 g/mol. The standard InChI is InChI=1S/C6H14NO.Cr/c1-5(2)6(4-8)7-3;/h5-8H,3-4H2,1-2H3;/q-1;. The fraction of sp³-hybridized carbons (Fsp3) is 0.833. The maximum absolute atomic E-state index is 8.59. The van der Waals surface area contributed by atoms with E-state index in [2.05, 4.69) is 12.4 Å². The number of nitrogens with one attached hydrogen (secondary N) is 1. The Morgan fingerprint density at radius 2 is 2.00 bits per heavy atom. The summed E-state index contributed by atoms with van der Waals surface area (Å²) in [6, 6.07) is 0.148. The Labute approximate surface area is 67.8 Å². The Morgan fingerprint density at radius 1 is 1.56 bits per heavy atom. The van der Waals surface area contributed by atoms with Gasteiger partial charge in [-0.05, 0) is 5.92 Å². The molecule has 0 rings (SSSR count). The van der Waals surface area contributed by atoms with Crippen LogP contribution in [0.1, 0.15) is 13.8 Å². The van der Waals surface area contributed by atoms with Gasteiger partial charge < -0.3 is 10.4 Å². The first-order chi connectivity index (χ1) is 3.72. The minimum atomic E-state index is 0. The zero-order valence-electron chi connectivity index (χ0n) is 5.92. The maximum Gasteiger partial charge on any atom is 0.0563 e. The number of aliphatic hydroxyl groups is 1. The predicted octanol–water partition coefficient (Wildman–Crippen LogP) is 0.382. The first-order valence-corrected chi connectivity index (χ1v) is 2.85. The van der Waals surface area contributed by atoms with Gasteiger partial charge in [-0.1, -0.05) is 13.8 Å². The average molecular weight is 168 g/mol.